The van der Waals surface area contributed by atoms with Gasteiger partial charge in [-0.25, -0.2) is 9.78 Å². The third kappa shape index (κ3) is 1.33. The third-order valence-corrected chi connectivity index (χ3v) is 2.59. The first-order valence-electron chi connectivity index (χ1n) is 3.61. The Morgan fingerprint density at radius 3 is 3.00 bits per heavy atom. The molecule has 66 valence electrons. The summed E-state index contributed by atoms with van der Waals surface area (Å²) in [6.07, 6.45) is 0. The second-order valence-corrected chi connectivity index (χ2v) is 3.69. The first-order chi connectivity index (χ1) is 6.16. The van der Waals surface area contributed by atoms with Crippen molar-refractivity contribution in [1.29, 1.82) is 0 Å². The first kappa shape index (κ1) is 8.00. The average molecular weight is 195 g/mol. The van der Waals surface area contributed by atoms with Crippen LogP contribution in [0.3, 0.4) is 0 Å². The molecule has 2 rings (SSSR count). The molecule has 13 heavy (non-hydrogen) atoms. The van der Waals surface area contributed by atoms with Crippen molar-refractivity contribution in [2.45, 2.75) is 0 Å². The van der Waals surface area contributed by atoms with Crippen molar-refractivity contribution in [1.82, 2.24) is 0 Å². The predicted molar refractivity (Wildman–Crippen MR) is 49.8 cm³/mol. The smallest absolute Gasteiger partial charge is 0.335 e. The molecule has 4 N–H and O–H groups in total. The number of H-pyrrole nitrogens is 1. The number of carboxylic acid groups (broad SMARTS) is 1. The summed E-state index contributed by atoms with van der Waals surface area (Å²) in [5, 5.41) is 9.30. The number of fused-ring (bicyclic) bond motifs is 1. The molecule has 0 atom stereocenters. The van der Waals surface area contributed by atoms with E-state index in [1.807, 2.05) is 0 Å². The van der Waals surface area contributed by atoms with Crippen LogP contribution in [0.15, 0.2) is 18.2 Å². The highest BCUT2D eigenvalue weighted by atomic mass is 32.1. The van der Waals surface area contributed by atoms with Gasteiger partial charge in [0.15, 0.2) is 0 Å². The van der Waals surface area contributed by atoms with Gasteiger partial charge < -0.3 is 5.11 Å². The van der Waals surface area contributed by atoms with Gasteiger partial charge in [-0.1, -0.05) is 0 Å². The van der Waals surface area contributed by atoms with Crippen molar-refractivity contribution in [2.75, 3.05) is 5.73 Å². The molecule has 1 aromatic carbocycles. The van der Waals surface area contributed by atoms with Gasteiger partial charge in [0, 0.05) is 0 Å². The molecule has 5 heteroatoms. The predicted octanol–water partition coefficient (Wildman–Crippen LogP) is 0.996. The Kier molecular flexibility index (Phi) is 1.66. The summed E-state index contributed by atoms with van der Waals surface area (Å²) < 4.78 is 0.859. The maximum Gasteiger partial charge on any atom is 0.335 e. The Labute approximate surface area is 77.6 Å². The third-order valence-electron chi connectivity index (χ3n) is 1.71. The number of hydrogen-bond acceptors (Lipinski definition) is 3. The summed E-state index contributed by atoms with van der Waals surface area (Å²) >= 11 is 1.34. The molecular formula is C8H7N2O2S+. The second kappa shape index (κ2) is 2.70. The van der Waals surface area contributed by atoms with Gasteiger partial charge in [-0.05, 0) is 29.5 Å². The zero-order valence-corrected chi connectivity index (χ0v) is 7.39. The van der Waals surface area contributed by atoms with Gasteiger partial charge in [0.05, 0.1) is 10.3 Å². The van der Waals surface area contributed by atoms with Crippen molar-refractivity contribution in [3.63, 3.8) is 0 Å². The Balaban J connectivity index is 2.67. The number of carbonyl (C=O) groups is 1. The quantitative estimate of drug-likeness (QED) is 0.712. The zero-order valence-electron chi connectivity index (χ0n) is 6.57. The van der Waals surface area contributed by atoms with Crippen LogP contribution < -0.4 is 10.7 Å². The highest BCUT2D eigenvalue weighted by Gasteiger charge is 2.08. The number of aromatic nitrogens is 1. The van der Waals surface area contributed by atoms with Gasteiger partial charge in [-0.2, -0.15) is 0 Å². The van der Waals surface area contributed by atoms with Crippen LogP contribution in [0.4, 0.5) is 5.13 Å². The molecule has 0 amide bonds. The largest absolute Gasteiger partial charge is 0.478 e. The number of benzene rings is 1. The summed E-state index contributed by atoms with van der Waals surface area (Å²) in [4.78, 5) is 13.5. The fraction of sp³-hybridized carbons (Fsp3) is 0. The van der Waals surface area contributed by atoms with E-state index in [4.69, 9.17) is 10.8 Å². The number of rotatable bonds is 1. The molecule has 0 bridgehead atoms. The SMILES string of the molecule is Nc1[nH+]c2ccc(C(=O)O)cc2s1. The van der Waals surface area contributed by atoms with Gasteiger partial charge in [-0.3, -0.25) is 5.73 Å². The van der Waals surface area contributed by atoms with E-state index in [0.717, 1.165) is 10.2 Å². The molecule has 0 aliphatic carbocycles. The lowest BCUT2D eigenvalue weighted by atomic mass is 10.2. The number of thiazole rings is 1. The number of aromatic carboxylic acids is 1. The van der Waals surface area contributed by atoms with Crippen LogP contribution in [0.1, 0.15) is 10.4 Å². The number of nitrogen functional groups attached to an aromatic ring is 1. The van der Waals surface area contributed by atoms with E-state index in [9.17, 15) is 4.79 Å². The molecule has 1 heterocycles. The molecular weight excluding hydrogens is 188 g/mol. The minimum absolute atomic E-state index is 0.280. The number of hydrogen-bond donors (Lipinski definition) is 2. The van der Waals surface area contributed by atoms with E-state index in [0.29, 0.717) is 5.13 Å². The number of anilines is 1. The van der Waals surface area contributed by atoms with Gasteiger partial charge in [0.25, 0.3) is 0 Å². The highest BCUT2D eigenvalue weighted by molar-refractivity contribution is 7.21. The van der Waals surface area contributed by atoms with Crippen LogP contribution in [0, 0.1) is 0 Å². The van der Waals surface area contributed by atoms with E-state index in [1.165, 1.54) is 11.3 Å². The number of nitrogens with two attached hydrogens (primary N) is 1. The van der Waals surface area contributed by atoms with Crippen LogP contribution in [-0.4, -0.2) is 11.1 Å². The van der Waals surface area contributed by atoms with Crippen LogP contribution in [0.2, 0.25) is 0 Å². The van der Waals surface area contributed by atoms with Crippen molar-refractivity contribution in [3.8, 4) is 0 Å². The molecule has 0 unspecified atom stereocenters. The molecule has 0 aliphatic heterocycles. The van der Waals surface area contributed by atoms with E-state index in [1.54, 1.807) is 18.2 Å². The lowest BCUT2D eigenvalue weighted by Crippen LogP contribution is -2.03. The van der Waals surface area contributed by atoms with Gasteiger partial charge in [0.2, 0.25) is 0 Å². The van der Waals surface area contributed by atoms with Crippen LogP contribution in [-0.2, 0) is 0 Å². The highest BCUT2D eigenvalue weighted by Crippen LogP contribution is 2.20. The summed E-state index contributed by atoms with van der Waals surface area (Å²) in [5.41, 5.74) is 6.68. The van der Waals surface area contributed by atoms with E-state index in [-0.39, 0.29) is 5.56 Å². The van der Waals surface area contributed by atoms with E-state index < -0.39 is 5.97 Å². The van der Waals surface area contributed by atoms with Crippen molar-refractivity contribution < 1.29 is 14.9 Å². The molecule has 0 saturated heterocycles. The molecule has 0 radical (unpaired) electrons. The van der Waals surface area contributed by atoms with E-state index >= 15 is 0 Å². The average Bonchev–Trinajstić information content (AvgIpc) is 2.42. The van der Waals surface area contributed by atoms with Gasteiger partial charge in [-0.15, -0.1) is 0 Å². The molecule has 0 fully saturated rings. The van der Waals surface area contributed by atoms with Crippen molar-refractivity contribution in [2.24, 2.45) is 0 Å². The normalized spacial score (nSPS) is 10.5. The lowest BCUT2D eigenvalue weighted by Gasteiger charge is -1.90. The molecule has 0 spiro atoms. The maximum absolute atomic E-state index is 10.6. The standard InChI is InChI=1S/C8H6N2O2S/c9-8-10-5-2-1-4(7(11)12)3-6(5)13-8/h1-3H,(H2,9,10)(H,11,12)/p+1. The minimum Gasteiger partial charge on any atom is -0.478 e. The molecule has 1 aromatic heterocycles. The van der Waals surface area contributed by atoms with Crippen molar-refractivity contribution in [3.05, 3.63) is 23.8 Å². The molecule has 0 saturated carbocycles. The summed E-state index contributed by atoms with van der Waals surface area (Å²) in [7, 11) is 0. The number of aromatic amines is 1. The Hall–Kier alpha value is -1.62. The van der Waals surface area contributed by atoms with Crippen LogP contribution in [0.25, 0.3) is 10.2 Å². The summed E-state index contributed by atoms with van der Waals surface area (Å²) in [6.45, 7) is 0. The fourth-order valence-electron chi connectivity index (χ4n) is 1.12. The van der Waals surface area contributed by atoms with Gasteiger partial charge >= 0.3 is 11.1 Å². The van der Waals surface area contributed by atoms with E-state index in [2.05, 4.69) is 4.98 Å². The molecule has 2 aromatic rings. The summed E-state index contributed by atoms with van der Waals surface area (Å²) in [6, 6.07) is 4.87. The second-order valence-electron chi connectivity index (χ2n) is 2.61. The number of nitrogens with one attached hydrogen (secondary N) is 1. The molecule has 0 aliphatic rings. The van der Waals surface area contributed by atoms with Crippen molar-refractivity contribution >= 4 is 32.7 Å². The lowest BCUT2D eigenvalue weighted by molar-refractivity contribution is -0.320. The van der Waals surface area contributed by atoms with Crippen LogP contribution >= 0.6 is 11.3 Å². The minimum atomic E-state index is -0.922. The van der Waals surface area contributed by atoms with Crippen LogP contribution in [0.5, 0.6) is 0 Å². The first-order valence-corrected chi connectivity index (χ1v) is 4.43. The Morgan fingerprint density at radius 2 is 2.31 bits per heavy atom. The Bertz CT molecular complexity index is 478. The number of carboxylic acids is 1. The topological polar surface area (TPSA) is 77.5 Å². The fourth-order valence-corrected chi connectivity index (χ4v) is 1.93. The zero-order chi connectivity index (χ0) is 9.42. The van der Waals surface area contributed by atoms with Gasteiger partial charge in [0.1, 0.15) is 5.52 Å². The maximum atomic E-state index is 10.6. The molecule has 4 nitrogen and oxygen atoms in total. The summed E-state index contributed by atoms with van der Waals surface area (Å²) in [5.74, 6) is -0.922. The Morgan fingerprint density at radius 1 is 1.54 bits per heavy atom. The monoisotopic (exact) mass is 195 g/mol.